The maximum Gasteiger partial charge on any atom is 0.0126 e. The monoisotopic (exact) mass is 396 g/mol. The Morgan fingerprint density at radius 1 is 0.286 bits per heavy atom. The first-order valence-corrected chi connectivity index (χ1v) is 11.4. The molecule has 28 heavy (non-hydrogen) atoms. The van der Waals surface area contributed by atoms with Gasteiger partial charge in [0.25, 0.3) is 0 Å². The fourth-order valence-electron chi connectivity index (χ4n) is 4.10. The molecule has 1 aliphatic heterocycles. The molecule has 1 aliphatic rings. The summed E-state index contributed by atoms with van der Waals surface area (Å²) < 4.78 is 0. The molecule has 4 nitrogen and oxygen atoms in total. The van der Waals surface area contributed by atoms with E-state index in [-0.39, 0.29) is 22.2 Å². The van der Waals surface area contributed by atoms with Crippen molar-refractivity contribution >= 4 is 0 Å². The predicted molar refractivity (Wildman–Crippen MR) is 125 cm³/mol. The highest BCUT2D eigenvalue weighted by molar-refractivity contribution is 4.87. The Bertz CT molecular complexity index is 355. The third-order valence-electron chi connectivity index (χ3n) is 6.35. The lowest BCUT2D eigenvalue weighted by Gasteiger charge is -2.46. The summed E-state index contributed by atoms with van der Waals surface area (Å²) in [7, 11) is 0. The zero-order chi connectivity index (χ0) is 22.0. The topological polar surface area (TPSA) is 13.0 Å². The van der Waals surface area contributed by atoms with Crippen LogP contribution in [0.4, 0.5) is 0 Å². The van der Waals surface area contributed by atoms with Crippen molar-refractivity contribution in [1.82, 2.24) is 19.6 Å². The van der Waals surface area contributed by atoms with Gasteiger partial charge in [-0.1, -0.05) is 0 Å². The number of hydrogen-bond donors (Lipinski definition) is 0. The van der Waals surface area contributed by atoms with E-state index in [9.17, 15) is 0 Å². The molecule has 4 heteroatoms. The predicted octanol–water partition coefficient (Wildman–Crippen LogP) is 4.40. The van der Waals surface area contributed by atoms with Crippen LogP contribution >= 0.6 is 0 Å². The number of hydrogen-bond acceptors (Lipinski definition) is 4. The molecule has 1 saturated heterocycles. The first-order valence-electron chi connectivity index (χ1n) is 11.4. The summed E-state index contributed by atoms with van der Waals surface area (Å²) in [6.45, 7) is 37.4. The second-order valence-electron chi connectivity index (χ2n) is 12.6. The van der Waals surface area contributed by atoms with Crippen LogP contribution in [0.3, 0.4) is 0 Å². The molecule has 168 valence electrons. The van der Waals surface area contributed by atoms with Gasteiger partial charge in [0.15, 0.2) is 0 Å². The lowest BCUT2D eigenvalue weighted by molar-refractivity contribution is 0.0211. The molecule has 0 spiro atoms. The van der Waals surface area contributed by atoms with E-state index >= 15 is 0 Å². The average Bonchev–Trinajstić information content (AvgIpc) is 2.42. The normalized spacial score (nSPS) is 22.7. The van der Waals surface area contributed by atoms with Gasteiger partial charge in [0.2, 0.25) is 0 Å². The largest absolute Gasteiger partial charge is 0.296 e. The Labute approximate surface area is 177 Å². The van der Waals surface area contributed by atoms with Crippen LogP contribution in [0.1, 0.15) is 83.1 Å². The number of nitrogens with zero attached hydrogens (tertiary/aromatic N) is 4. The molecule has 0 N–H and O–H groups in total. The molecular weight excluding hydrogens is 344 g/mol. The zero-order valence-corrected chi connectivity index (χ0v) is 21.4. The summed E-state index contributed by atoms with van der Waals surface area (Å²) in [6, 6.07) is 0. The standard InChI is InChI=1S/C24H52N4/c1-21(2,3)25-13-15-26(22(4,5)6)17-19-28(24(10,11)12)20-18-27(16-14-25)23(7,8)9/h13-20H2,1-12H3. The van der Waals surface area contributed by atoms with Crippen molar-refractivity contribution in [3.8, 4) is 0 Å². The van der Waals surface area contributed by atoms with E-state index < -0.39 is 0 Å². The fraction of sp³-hybridized carbons (Fsp3) is 1.00. The molecule has 1 fully saturated rings. The second kappa shape index (κ2) is 9.32. The van der Waals surface area contributed by atoms with Gasteiger partial charge in [0.05, 0.1) is 0 Å². The highest BCUT2D eigenvalue weighted by Crippen LogP contribution is 2.21. The molecule has 0 aromatic heterocycles. The van der Waals surface area contributed by atoms with Crippen LogP contribution in [0.5, 0.6) is 0 Å². The Morgan fingerprint density at radius 2 is 0.393 bits per heavy atom. The van der Waals surface area contributed by atoms with E-state index in [2.05, 4.69) is 103 Å². The van der Waals surface area contributed by atoms with Crippen LogP contribution in [0.25, 0.3) is 0 Å². The maximum atomic E-state index is 2.69. The van der Waals surface area contributed by atoms with Crippen LogP contribution in [0, 0.1) is 0 Å². The minimum absolute atomic E-state index is 0.203. The minimum atomic E-state index is 0.203. The van der Waals surface area contributed by atoms with Gasteiger partial charge in [0, 0.05) is 74.5 Å². The molecular formula is C24H52N4. The van der Waals surface area contributed by atoms with Crippen LogP contribution in [0.15, 0.2) is 0 Å². The summed E-state index contributed by atoms with van der Waals surface area (Å²) in [5.41, 5.74) is 0.812. The van der Waals surface area contributed by atoms with E-state index in [4.69, 9.17) is 0 Å². The highest BCUT2D eigenvalue weighted by Gasteiger charge is 2.31. The van der Waals surface area contributed by atoms with Gasteiger partial charge in [-0.15, -0.1) is 0 Å². The van der Waals surface area contributed by atoms with Crippen molar-refractivity contribution in [2.45, 2.75) is 105 Å². The Hall–Kier alpha value is -0.160. The Kier molecular flexibility index (Phi) is 8.62. The molecule has 0 saturated carbocycles. The van der Waals surface area contributed by atoms with Gasteiger partial charge in [-0.25, -0.2) is 0 Å². The van der Waals surface area contributed by atoms with E-state index in [1.54, 1.807) is 0 Å². The first kappa shape index (κ1) is 25.9. The quantitative estimate of drug-likeness (QED) is 0.601. The van der Waals surface area contributed by atoms with Crippen molar-refractivity contribution in [3.63, 3.8) is 0 Å². The van der Waals surface area contributed by atoms with E-state index in [0.717, 1.165) is 52.4 Å². The summed E-state index contributed by atoms with van der Waals surface area (Å²) in [4.78, 5) is 10.8. The SMILES string of the molecule is CC(C)(C)N1CCN(C(C)(C)C)CCN(C(C)(C)C)CCN(C(C)(C)C)CC1. The lowest BCUT2D eigenvalue weighted by Crippen LogP contribution is -2.57. The molecule has 0 atom stereocenters. The molecule has 1 heterocycles. The molecule has 0 radical (unpaired) electrons. The second-order valence-corrected chi connectivity index (χ2v) is 12.6. The Morgan fingerprint density at radius 3 is 0.464 bits per heavy atom. The van der Waals surface area contributed by atoms with Gasteiger partial charge in [-0.3, -0.25) is 19.6 Å². The van der Waals surface area contributed by atoms with Crippen molar-refractivity contribution in [3.05, 3.63) is 0 Å². The van der Waals surface area contributed by atoms with Gasteiger partial charge >= 0.3 is 0 Å². The minimum Gasteiger partial charge on any atom is -0.296 e. The van der Waals surface area contributed by atoms with E-state index in [0.29, 0.717) is 0 Å². The lowest BCUT2D eigenvalue weighted by atomic mass is 10.0. The molecule has 0 bridgehead atoms. The van der Waals surface area contributed by atoms with Crippen LogP contribution < -0.4 is 0 Å². The van der Waals surface area contributed by atoms with Crippen molar-refractivity contribution < 1.29 is 0 Å². The van der Waals surface area contributed by atoms with Crippen LogP contribution in [-0.2, 0) is 0 Å². The van der Waals surface area contributed by atoms with E-state index in [1.807, 2.05) is 0 Å². The molecule has 0 amide bonds. The highest BCUT2D eigenvalue weighted by atomic mass is 15.3. The molecule has 0 aromatic carbocycles. The maximum absolute atomic E-state index is 2.69. The Balaban J connectivity index is 3.12. The van der Waals surface area contributed by atoms with Gasteiger partial charge < -0.3 is 0 Å². The summed E-state index contributed by atoms with van der Waals surface area (Å²) in [6.07, 6.45) is 0. The van der Waals surface area contributed by atoms with E-state index in [1.165, 1.54) is 0 Å². The average molecular weight is 397 g/mol. The van der Waals surface area contributed by atoms with Gasteiger partial charge in [-0.2, -0.15) is 0 Å². The molecule has 0 unspecified atom stereocenters. The van der Waals surface area contributed by atoms with Crippen molar-refractivity contribution in [1.29, 1.82) is 0 Å². The smallest absolute Gasteiger partial charge is 0.0126 e. The third-order valence-corrected chi connectivity index (χ3v) is 6.35. The molecule has 1 rings (SSSR count). The molecule has 0 aromatic rings. The van der Waals surface area contributed by atoms with Crippen LogP contribution in [-0.4, -0.2) is 94.1 Å². The fourth-order valence-corrected chi connectivity index (χ4v) is 4.10. The summed E-state index contributed by atoms with van der Waals surface area (Å²) in [5, 5.41) is 0. The third kappa shape index (κ3) is 8.30. The van der Waals surface area contributed by atoms with Crippen LogP contribution in [0.2, 0.25) is 0 Å². The summed E-state index contributed by atoms with van der Waals surface area (Å²) >= 11 is 0. The first-order chi connectivity index (χ1) is 12.4. The molecule has 0 aliphatic carbocycles. The summed E-state index contributed by atoms with van der Waals surface area (Å²) in [5.74, 6) is 0. The number of rotatable bonds is 0. The zero-order valence-electron chi connectivity index (χ0n) is 21.4. The van der Waals surface area contributed by atoms with Gasteiger partial charge in [0.1, 0.15) is 0 Å². The van der Waals surface area contributed by atoms with Crippen molar-refractivity contribution in [2.24, 2.45) is 0 Å². The van der Waals surface area contributed by atoms with Crippen molar-refractivity contribution in [2.75, 3.05) is 52.4 Å². The van der Waals surface area contributed by atoms with Gasteiger partial charge in [-0.05, 0) is 83.1 Å².